The number of benzene rings is 2. The fourth-order valence-corrected chi connectivity index (χ4v) is 3.20. The molecule has 0 saturated carbocycles. The van der Waals surface area contributed by atoms with Crippen LogP contribution in [0.5, 0.6) is 0 Å². The summed E-state index contributed by atoms with van der Waals surface area (Å²) in [5.41, 5.74) is 2.40. The van der Waals surface area contributed by atoms with E-state index in [4.69, 9.17) is 27.6 Å². The van der Waals surface area contributed by atoms with Crippen molar-refractivity contribution in [2.45, 2.75) is 24.3 Å². The molecule has 1 N–H and O–H groups in total. The highest BCUT2D eigenvalue weighted by atomic mass is 35.5. The van der Waals surface area contributed by atoms with Crippen LogP contribution in [-0.4, -0.2) is 21.4 Å². The maximum absolute atomic E-state index is 12.4. The monoisotopic (exact) mass is 407 g/mol. The van der Waals surface area contributed by atoms with E-state index in [0.717, 1.165) is 11.1 Å². The Morgan fingerprint density at radius 3 is 2.77 bits per heavy atom. The van der Waals surface area contributed by atoms with Crippen LogP contribution in [0.4, 0.5) is 5.69 Å². The topological polar surface area (TPSA) is 68.0 Å². The number of halogens is 2. The first-order valence-corrected chi connectivity index (χ1v) is 9.39. The van der Waals surface area contributed by atoms with Crippen LogP contribution < -0.4 is 5.32 Å². The highest BCUT2D eigenvalue weighted by molar-refractivity contribution is 8.00. The van der Waals surface area contributed by atoms with Gasteiger partial charge in [0, 0.05) is 10.6 Å². The maximum atomic E-state index is 12.4. The number of anilines is 1. The van der Waals surface area contributed by atoms with Crippen LogP contribution in [0.3, 0.4) is 0 Å². The van der Waals surface area contributed by atoms with Gasteiger partial charge >= 0.3 is 0 Å². The van der Waals surface area contributed by atoms with Crippen LogP contribution in [-0.2, 0) is 4.79 Å². The van der Waals surface area contributed by atoms with Crippen molar-refractivity contribution in [1.82, 2.24) is 10.2 Å². The summed E-state index contributed by atoms with van der Waals surface area (Å²) in [5, 5.41) is 11.6. The SMILES string of the molecule is Cc1cccc(-c2nnc(S[C@H](C)C(=O)Nc3cc(Cl)ccc3Cl)o2)c1. The smallest absolute Gasteiger partial charge is 0.277 e. The number of thioether (sulfide) groups is 1. The van der Waals surface area contributed by atoms with E-state index in [1.807, 2.05) is 31.2 Å². The van der Waals surface area contributed by atoms with Crippen LogP contribution in [0, 0.1) is 6.92 Å². The van der Waals surface area contributed by atoms with Gasteiger partial charge in [-0.1, -0.05) is 52.7 Å². The summed E-state index contributed by atoms with van der Waals surface area (Å²) in [7, 11) is 0. The quantitative estimate of drug-likeness (QED) is 0.567. The fourth-order valence-electron chi connectivity index (χ4n) is 2.18. The van der Waals surface area contributed by atoms with E-state index in [2.05, 4.69) is 15.5 Å². The lowest BCUT2D eigenvalue weighted by Crippen LogP contribution is -2.22. The van der Waals surface area contributed by atoms with Gasteiger partial charge in [0.25, 0.3) is 5.22 Å². The molecule has 0 unspecified atom stereocenters. The average Bonchev–Trinajstić information content (AvgIpc) is 3.06. The molecule has 1 amide bonds. The van der Waals surface area contributed by atoms with Crippen LogP contribution in [0.25, 0.3) is 11.5 Å². The largest absolute Gasteiger partial charge is 0.411 e. The second-order valence-electron chi connectivity index (χ2n) is 5.62. The minimum atomic E-state index is -0.462. The minimum absolute atomic E-state index is 0.241. The van der Waals surface area contributed by atoms with Gasteiger partial charge in [-0.25, -0.2) is 0 Å². The van der Waals surface area contributed by atoms with E-state index in [1.54, 1.807) is 25.1 Å². The molecule has 0 radical (unpaired) electrons. The number of aromatic nitrogens is 2. The predicted molar refractivity (Wildman–Crippen MR) is 105 cm³/mol. The van der Waals surface area contributed by atoms with Crippen molar-refractivity contribution in [3.63, 3.8) is 0 Å². The molecule has 0 aliphatic carbocycles. The normalized spacial score (nSPS) is 12.0. The van der Waals surface area contributed by atoms with E-state index < -0.39 is 5.25 Å². The third kappa shape index (κ3) is 4.58. The lowest BCUT2D eigenvalue weighted by atomic mass is 10.1. The molecule has 0 aliphatic heterocycles. The number of amides is 1. The average molecular weight is 408 g/mol. The molecular formula is C18H15Cl2N3O2S. The minimum Gasteiger partial charge on any atom is -0.411 e. The lowest BCUT2D eigenvalue weighted by molar-refractivity contribution is -0.115. The Balaban J connectivity index is 1.67. The van der Waals surface area contributed by atoms with Gasteiger partial charge in [0.1, 0.15) is 0 Å². The molecule has 1 atom stereocenters. The highest BCUT2D eigenvalue weighted by Gasteiger charge is 2.20. The van der Waals surface area contributed by atoms with Crippen molar-refractivity contribution in [2.24, 2.45) is 0 Å². The number of hydrogen-bond acceptors (Lipinski definition) is 5. The number of carbonyl (C=O) groups excluding carboxylic acids is 1. The summed E-state index contributed by atoms with van der Waals surface area (Å²) >= 11 is 13.2. The van der Waals surface area contributed by atoms with Crippen molar-refractivity contribution in [1.29, 1.82) is 0 Å². The molecular weight excluding hydrogens is 393 g/mol. The molecule has 134 valence electrons. The first-order chi connectivity index (χ1) is 12.4. The Morgan fingerprint density at radius 1 is 1.19 bits per heavy atom. The van der Waals surface area contributed by atoms with Gasteiger partial charge in [-0.3, -0.25) is 4.79 Å². The molecule has 0 spiro atoms. The zero-order chi connectivity index (χ0) is 18.7. The molecule has 26 heavy (non-hydrogen) atoms. The van der Waals surface area contributed by atoms with Crippen molar-refractivity contribution in [2.75, 3.05) is 5.32 Å². The number of rotatable bonds is 5. The summed E-state index contributed by atoms with van der Waals surface area (Å²) in [6.07, 6.45) is 0. The molecule has 0 saturated heterocycles. The predicted octanol–water partition coefficient (Wildman–Crippen LogP) is 5.47. The number of carbonyl (C=O) groups is 1. The van der Waals surface area contributed by atoms with Crippen molar-refractivity contribution >= 4 is 46.6 Å². The zero-order valence-electron chi connectivity index (χ0n) is 14.0. The summed E-state index contributed by atoms with van der Waals surface area (Å²) in [6.45, 7) is 3.73. The number of nitrogens with zero attached hydrogens (tertiary/aromatic N) is 2. The molecule has 1 aromatic heterocycles. The van der Waals surface area contributed by atoms with Crippen molar-refractivity contribution in [3.8, 4) is 11.5 Å². The van der Waals surface area contributed by atoms with Crippen LogP contribution in [0.15, 0.2) is 52.1 Å². The molecule has 3 aromatic rings. The Hall–Kier alpha value is -2.02. The van der Waals surface area contributed by atoms with Crippen LogP contribution in [0.2, 0.25) is 10.0 Å². The maximum Gasteiger partial charge on any atom is 0.277 e. The Morgan fingerprint density at radius 2 is 2.00 bits per heavy atom. The van der Waals surface area contributed by atoms with E-state index in [1.165, 1.54) is 11.8 Å². The third-order valence-corrected chi connectivity index (χ3v) is 5.00. The number of hydrogen-bond donors (Lipinski definition) is 1. The van der Waals surface area contributed by atoms with Gasteiger partial charge in [-0.05, 0) is 44.2 Å². The highest BCUT2D eigenvalue weighted by Crippen LogP contribution is 2.29. The van der Waals surface area contributed by atoms with Crippen molar-refractivity contribution < 1.29 is 9.21 Å². The summed E-state index contributed by atoms with van der Waals surface area (Å²) in [4.78, 5) is 12.4. The molecule has 0 aliphatic rings. The molecule has 1 heterocycles. The second kappa shape index (κ2) is 8.12. The molecule has 0 bridgehead atoms. The lowest BCUT2D eigenvalue weighted by Gasteiger charge is -2.11. The standard InChI is InChI=1S/C18H15Cl2N3O2S/c1-10-4-3-5-12(8-10)17-22-23-18(25-17)26-11(2)16(24)21-15-9-13(19)6-7-14(15)20/h3-9,11H,1-2H3,(H,21,24)/t11-/m1/s1. The Kier molecular flexibility index (Phi) is 5.86. The van der Waals surface area contributed by atoms with Gasteiger partial charge in [0.2, 0.25) is 11.8 Å². The molecule has 2 aromatic carbocycles. The molecule has 3 rings (SSSR count). The second-order valence-corrected chi connectivity index (χ2v) is 7.75. The third-order valence-electron chi connectivity index (χ3n) is 3.50. The summed E-state index contributed by atoms with van der Waals surface area (Å²) in [6, 6.07) is 12.6. The van der Waals surface area contributed by atoms with Crippen LogP contribution >= 0.6 is 35.0 Å². The van der Waals surface area contributed by atoms with Gasteiger partial charge in [-0.2, -0.15) is 0 Å². The molecule has 5 nitrogen and oxygen atoms in total. The summed E-state index contributed by atoms with van der Waals surface area (Å²) in [5.74, 6) is 0.177. The number of aryl methyl sites for hydroxylation is 1. The van der Waals surface area contributed by atoms with Crippen LogP contribution in [0.1, 0.15) is 12.5 Å². The van der Waals surface area contributed by atoms with E-state index >= 15 is 0 Å². The van der Waals surface area contributed by atoms with Gasteiger partial charge in [0.05, 0.1) is 16.0 Å². The zero-order valence-corrected chi connectivity index (χ0v) is 16.3. The van der Waals surface area contributed by atoms with Gasteiger partial charge in [0.15, 0.2) is 0 Å². The van der Waals surface area contributed by atoms with Gasteiger partial charge < -0.3 is 9.73 Å². The first kappa shape index (κ1) is 18.8. The first-order valence-electron chi connectivity index (χ1n) is 7.75. The van der Waals surface area contributed by atoms with E-state index in [9.17, 15) is 4.79 Å². The van der Waals surface area contributed by atoms with Crippen molar-refractivity contribution in [3.05, 3.63) is 58.1 Å². The van der Waals surface area contributed by atoms with E-state index in [0.29, 0.717) is 26.8 Å². The Labute approximate surface area is 165 Å². The summed E-state index contributed by atoms with van der Waals surface area (Å²) < 4.78 is 5.65. The molecule has 0 fully saturated rings. The van der Waals surface area contributed by atoms with E-state index in [-0.39, 0.29) is 5.91 Å². The number of nitrogens with one attached hydrogen (secondary N) is 1. The molecule has 8 heteroatoms. The van der Waals surface area contributed by atoms with Gasteiger partial charge in [-0.15, -0.1) is 10.2 Å². The fraction of sp³-hybridized carbons (Fsp3) is 0.167. The Bertz CT molecular complexity index is 946.